The van der Waals surface area contributed by atoms with E-state index in [2.05, 4.69) is 10.6 Å². The maximum atomic E-state index is 3.22. The van der Waals surface area contributed by atoms with Crippen LogP contribution in [0.1, 0.15) is 0 Å². The Morgan fingerprint density at radius 2 is 1.00 bits per heavy atom. The quantitative estimate of drug-likeness (QED) is 0.396. The Labute approximate surface area is 62.8 Å². The van der Waals surface area contributed by atoms with E-state index in [9.17, 15) is 0 Å². The van der Waals surface area contributed by atoms with Crippen LogP contribution in [0.4, 0.5) is 0 Å². The van der Waals surface area contributed by atoms with E-state index < -0.39 is 0 Å². The molecule has 50 valence electrons. The van der Waals surface area contributed by atoms with Crippen molar-refractivity contribution in [1.82, 2.24) is 10.6 Å². The van der Waals surface area contributed by atoms with Crippen molar-refractivity contribution in [2.75, 3.05) is 26.2 Å². The van der Waals surface area contributed by atoms with E-state index in [0.29, 0.717) is 0 Å². The Morgan fingerprint density at radius 3 is 1.12 bits per heavy atom. The van der Waals surface area contributed by atoms with Gasteiger partial charge in [-0.15, -0.1) is 0 Å². The Morgan fingerprint density at radius 1 is 0.750 bits per heavy atom. The van der Waals surface area contributed by atoms with Crippen molar-refractivity contribution in [3.05, 3.63) is 0 Å². The van der Waals surface area contributed by atoms with Crippen LogP contribution < -0.4 is 10.6 Å². The van der Waals surface area contributed by atoms with Gasteiger partial charge in [0.05, 0.1) is 8.41 Å². The van der Waals surface area contributed by atoms with Gasteiger partial charge in [-0.25, -0.2) is 0 Å². The van der Waals surface area contributed by atoms with Crippen molar-refractivity contribution in [3.8, 4) is 0 Å². The first-order valence-electron chi connectivity index (χ1n) is 2.41. The van der Waals surface area contributed by atoms with Gasteiger partial charge in [-0.2, -0.15) is 0 Å². The van der Waals surface area contributed by atoms with Gasteiger partial charge in [-0.3, -0.25) is 0 Å². The molecule has 1 aliphatic heterocycles. The molecule has 2 N–H and O–H groups in total. The molecule has 4 heteroatoms. The summed E-state index contributed by atoms with van der Waals surface area (Å²) < 4.78 is 0. The smallest absolute Gasteiger partial charge is 0.0814 e. The molecule has 1 aliphatic rings. The summed E-state index contributed by atoms with van der Waals surface area (Å²) in [5.41, 5.74) is 0. The molecular formula is C4H13BFeN2. The van der Waals surface area contributed by atoms with Gasteiger partial charge in [-0.05, 0) is 0 Å². The Kier molecular flexibility index (Phi) is 10.6. The van der Waals surface area contributed by atoms with Crippen LogP contribution in [0.2, 0.25) is 0 Å². The second-order valence-corrected chi connectivity index (χ2v) is 1.50. The third-order valence-corrected chi connectivity index (χ3v) is 0.957. The van der Waals surface area contributed by atoms with Gasteiger partial charge in [0.15, 0.2) is 0 Å². The van der Waals surface area contributed by atoms with Crippen molar-refractivity contribution in [2.45, 2.75) is 0 Å². The maximum Gasteiger partial charge on any atom is 0.0814 e. The average molecular weight is 156 g/mol. The predicted molar refractivity (Wildman–Crippen MR) is 35.7 cm³/mol. The Hall–Kier alpha value is 0.504. The standard InChI is InChI=1S/C4H10N2.BH3.Fe/c1-2-6-4-3-5-1;;/h5-6H,1-4H2;1H3;. The second-order valence-electron chi connectivity index (χ2n) is 1.50. The van der Waals surface area contributed by atoms with Gasteiger partial charge in [0.25, 0.3) is 0 Å². The normalized spacial score (nSPS) is 18.0. The first kappa shape index (κ1) is 11.3. The van der Waals surface area contributed by atoms with Crippen LogP contribution in [0.5, 0.6) is 0 Å². The van der Waals surface area contributed by atoms with Crippen LogP contribution in [0.25, 0.3) is 0 Å². The zero-order valence-corrected chi connectivity index (χ0v) is 5.29. The fourth-order valence-electron chi connectivity index (χ4n) is 0.604. The molecule has 0 bridgehead atoms. The summed E-state index contributed by atoms with van der Waals surface area (Å²) in [6.45, 7) is 4.56. The molecule has 0 radical (unpaired) electrons. The molecule has 0 aromatic heterocycles. The third-order valence-electron chi connectivity index (χ3n) is 0.957. The van der Waals surface area contributed by atoms with E-state index in [-0.39, 0.29) is 25.5 Å². The van der Waals surface area contributed by atoms with E-state index in [1.807, 2.05) is 0 Å². The van der Waals surface area contributed by atoms with Crippen LogP contribution in [0.3, 0.4) is 0 Å². The van der Waals surface area contributed by atoms with E-state index in [0.717, 1.165) is 26.2 Å². The number of nitrogens with one attached hydrogen (secondary N) is 2. The number of hydrogen-bond acceptors (Lipinski definition) is 2. The predicted octanol–water partition coefficient (Wildman–Crippen LogP) is -2.01. The number of hydrogen-bond donors (Lipinski definition) is 2. The monoisotopic (exact) mass is 156 g/mol. The second kappa shape index (κ2) is 7.50. The van der Waals surface area contributed by atoms with Gasteiger partial charge in [0.1, 0.15) is 0 Å². The van der Waals surface area contributed by atoms with E-state index >= 15 is 0 Å². The molecule has 2 nitrogen and oxygen atoms in total. The molecular weight excluding hydrogens is 143 g/mol. The molecule has 0 aromatic carbocycles. The van der Waals surface area contributed by atoms with Crippen molar-refractivity contribution in [3.63, 3.8) is 0 Å². The topological polar surface area (TPSA) is 24.1 Å². The minimum Gasteiger partial charge on any atom is -0.314 e. The number of rotatable bonds is 0. The van der Waals surface area contributed by atoms with E-state index in [1.165, 1.54) is 0 Å². The van der Waals surface area contributed by atoms with Gasteiger partial charge in [-0.1, -0.05) is 0 Å². The molecule has 0 saturated carbocycles. The summed E-state index contributed by atoms with van der Waals surface area (Å²) in [4.78, 5) is 0. The molecule has 0 aromatic rings. The van der Waals surface area contributed by atoms with Gasteiger partial charge >= 0.3 is 0 Å². The minimum absolute atomic E-state index is 0. The minimum atomic E-state index is 0. The molecule has 0 spiro atoms. The summed E-state index contributed by atoms with van der Waals surface area (Å²) in [6.07, 6.45) is 0. The Balaban J connectivity index is 0. The zero-order valence-electron chi connectivity index (χ0n) is 4.18. The molecule has 1 rings (SSSR count). The zero-order chi connectivity index (χ0) is 4.24. The largest absolute Gasteiger partial charge is 0.314 e. The van der Waals surface area contributed by atoms with Gasteiger partial charge < -0.3 is 10.6 Å². The summed E-state index contributed by atoms with van der Waals surface area (Å²) >= 11 is 0. The van der Waals surface area contributed by atoms with Gasteiger partial charge in [0, 0.05) is 43.2 Å². The fraction of sp³-hybridized carbons (Fsp3) is 1.00. The average Bonchev–Trinajstić information content (AvgIpc) is 1.72. The SMILES string of the molecule is B.C1CNCCN1.[Fe]. The molecule has 0 amide bonds. The summed E-state index contributed by atoms with van der Waals surface area (Å²) in [5, 5.41) is 6.44. The van der Waals surface area contributed by atoms with Crippen LogP contribution in [-0.4, -0.2) is 34.6 Å². The molecule has 0 unspecified atom stereocenters. The summed E-state index contributed by atoms with van der Waals surface area (Å²) in [7, 11) is 0. The fourth-order valence-corrected chi connectivity index (χ4v) is 0.604. The van der Waals surface area contributed by atoms with Crippen molar-refractivity contribution in [2.24, 2.45) is 0 Å². The molecule has 1 fully saturated rings. The third kappa shape index (κ3) is 4.66. The van der Waals surface area contributed by atoms with Gasteiger partial charge in [0.2, 0.25) is 0 Å². The van der Waals surface area contributed by atoms with Crippen LogP contribution in [-0.2, 0) is 17.1 Å². The van der Waals surface area contributed by atoms with Crippen molar-refractivity contribution >= 4 is 8.41 Å². The molecule has 1 heterocycles. The first-order valence-corrected chi connectivity index (χ1v) is 2.41. The molecule has 0 aliphatic carbocycles. The van der Waals surface area contributed by atoms with Crippen LogP contribution in [0, 0.1) is 0 Å². The van der Waals surface area contributed by atoms with E-state index in [4.69, 9.17) is 0 Å². The molecule has 8 heavy (non-hydrogen) atoms. The van der Waals surface area contributed by atoms with E-state index in [1.54, 1.807) is 0 Å². The maximum absolute atomic E-state index is 3.22. The van der Waals surface area contributed by atoms with Crippen LogP contribution in [0.15, 0.2) is 0 Å². The first-order chi connectivity index (χ1) is 3.00. The molecule has 1 saturated heterocycles. The van der Waals surface area contributed by atoms with Crippen molar-refractivity contribution in [1.29, 1.82) is 0 Å². The Bertz CT molecular complexity index is 29.5. The summed E-state index contributed by atoms with van der Waals surface area (Å²) in [6, 6.07) is 0. The summed E-state index contributed by atoms with van der Waals surface area (Å²) in [5.74, 6) is 0. The van der Waals surface area contributed by atoms with Crippen molar-refractivity contribution < 1.29 is 17.1 Å². The molecule has 0 atom stereocenters. The van der Waals surface area contributed by atoms with Crippen LogP contribution >= 0.6 is 0 Å². The number of piperazine rings is 1.